The number of anilines is 1. The van der Waals surface area contributed by atoms with Crippen molar-refractivity contribution in [2.24, 2.45) is 5.92 Å². The SMILES string of the molecule is COc1ccc(NC(=O)NCc2ccccc2C#N)cc1OCCCC(C)C. The van der Waals surface area contributed by atoms with Crippen LogP contribution >= 0.6 is 0 Å². The molecule has 2 aromatic carbocycles. The van der Waals surface area contributed by atoms with Crippen molar-refractivity contribution < 1.29 is 14.3 Å². The van der Waals surface area contributed by atoms with Gasteiger partial charge in [-0.25, -0.2) is 4.79 Å². The third-order valence-electron chi connectivity index (χ3n) is 4.18. The number of hydrogen-bond donors (Lipinski definition) is 2. The minimum absolute atomic E-state index is 0.268. The second-order valence-electron chi connectivity index (χ2n) is 6.83. The van der Waals surface area contributed by atoms with Gasteiger partial charge in [0, 0.05) is 18.3 Å². The van der Waals surface area contributed by atoms with Crippen molar-refractivity contribution in [1.29, 1.82) is 5.26 Å². The van der Waals surface area contributed by atoms with Crippen LogP contribution < -0.4 is 20.1 Å². The maximum absolute atomic E-state index is 12.2. The Morgan fingerprint density at radius 1 is 1.18 bits per heavy atom. The number of benzene rings is 2. The highest BCUT2D eigenvalue weighted by Crippen LogP contribution is 2.30. The second kappa shape index (κ2) is 10.8. The Kier molecular flexibility index (Phi) is 8.16. The molecular weight excluding hydrogens is 354 g/mol. The van der Waals surface area contributed by atoms with E-state index in [1.165, 1.54) is 0 Å². The molecule has 0 atom stereocenters. The molecule has 2 amide bonds. The van der Waals surface area contributed by atoms with E-state index in [0.717, 1.165) is 18.4 Å². The predicted molar refractivity (Wildman–Crippen MR) is 110 cm³/mol. The first-order chi connectivity index (χ1) is 13.5. The summed E-state index contributed by atoms with van der Waals surface area (Å²) in [6.07, 6.45) is 2.05. The molecule has 6 nitrogen and oxygen atoms in total. The van der Waals surface area contributed by atoms with Crippen molar-refractivity contribution in [2.75, 3.05) is 19.0 Å². The molecule has 0 heterocycles. The Morgan fingerprint density at radius 2 is 1.96 bits per heavy atom. The van der Waals surface area contributed by atoms with Crippen LogP contribution in [0.4, 0.5) is 10.5 Å². The first-order valence-corrected chi connectivity index (χ1v) is 9.37. The Morgan fingerprint density at radius 3 is 2.68 bits per heavy atom. The average Bonchev–Trinajstić information content (AvgIpc) is 2.70. The van der Waals surface area contributed by atoms with Crippen LogP contribution in [0.15, 0.2) is 42.5 Å². The smallest absolute Gasteiger partial charge is 0.319 e. The largest absolute Gasteiger partial charge is 0.493 e. The lowest BCUT2D eigenvalue weighted by Crippen LogP contribution is -2.28. The Labute approximate surface area is 166 Å². The summed E-state index contributed by atoms with van der Waals surface area (Å²) in [5, 5.41) is 14.7. The molecule has 0 aliphatic heterocycles. The maximum atomic E-state index is 12.2. The molecule has 2 aromatic rings. The number of ether oxygens (including phenoxy) is 2. The van der Waals surface area contributed by atoms with E-state index >= 15 is 0 Å². The number of nitriles is 1. The third kappa shape index (κ3) is 6.51. The molecule has 0 saturated heterocycles. The van der Waals surface area contributed by atoms with Crippen molar-refractivity contribution in [3.05, 3.63) is 53.6 Å². The van der Waals surface area contributed by atoms with Gasteiger partial charge >= 0.3 is 6.03 Å². The normalized spacial score (nSPS) is 10.2. The Hall–Kier alpha value is -3.20. The highest BCUT2D eigenvalue weighted by Gasteiger charge is 2.09. The summed E-state index contributed by atoms with van der Waals surface area (Å²) in [5.74, 6) is 1.85. The summed E-state index contributed by atoms with van der Waals surface area (Å²) in [6, 6.07) is 14.2. The van der Waals surface area contributed by atoms with E-state index in [1.807, 2.05) is 12.1 Å². The van der Waals surface area contributed by atoms with E-state index in [1.54, 1.807) is 37.4 Å². The minimum atomic E-state index is -0.358. The second-order valence-corrected chi connectivity index (χ2v) is 6.83. The van der Waals surface area contributed by atoms with Crippen LogP contribution in [0, 0.1) is 17.2 Å². The van der Waals surface area contributed by atoms with Gasteiger partial charge in [0.25, 0.3) is 0 Å². The van der Waals surface area contributed by atoms with E-state index in [0.29, 0.717) is 35.3 Å². The molecule has 0 radical (unpaired) electrons. The first-order valence-electron chi connectivity index (χ1n) is 9.37. The van der Waals surface area contributed by atoms with Gasteiger partial charge in [0.1, 0.15) is 0 Å². The molecule has 0 saturated carbocycles. The number of rotatable bonds is 9. The molecule has 0 fully saturated rings. The molecule has 0 bridgehead atoms. The van der Waals surface area contributed by atoms with Gasteiger partial charge in [-0.3, -0.25) is 0 Å². The molecule has 0 aliphatic rings. The summed E-state index contributed by atoms with van der Waals surface area (Å²) >= 11 is 0. The zero-order valence-electron chi connectivity index (χ0n) is 16.6. The highest BCUT2D eigenvalue weighted by molar-refractivity contribution is 5.89. The van der Waals surface area contributed by atoms with Gasteiger partial charge in [-0.15, -0.1) is 0 Å². The van der Waals surface area contributed by atoms with Crippen LogP contribution in [0.2, 0.25) is 0 Å². The summed E-state index contributed by atoms with van der Waals surface area (Å²) in [5.41, 5.74) is 1.92. The molecule has 6 heteroatoms. The molecule has 2 rings (SSSR count). The van der Waals surface area contributed by atoms with Gasteiger partial charge < -0.3 is 20.1 Å². The Bertz CT molecular complexity index is 828. The van der Waals surface area contributed by atoms with Crippen LogP contribution in [0.3, 0.4) is 0 Å². The summed E-state index contributed by atoms with van der Waals surface area (Å²) in [6.45, 7) is 5.22. The van der Waals surface area contributed by atoms with E-state index in [9.17, 15) is 4.79 Å². The highest BCUT2D eigenvalue weighted by atomic mass is 16.5. The third-order valence-corrected chi connectivity index (χ3v) is 4.18. The fourth-order valence-corrected chi connectivity index (χ4v) is 2.68. The van der Waals surface area contributed by atoms with E-state index < -0.39 is 0 Å². The lowest BCUT2D eigenvalue weighted by atomic mass is 10.1. The molecule has 28 heavy (non-hydrogen) atoms. The van der Waals surface area contributed by atoms with Gasteiger partial charge in [-0.1, -0.05) is 32.0 Å². The van der Waals surface area contributed by atoms with Crippen LogP contribution in [0.25, 0.3) is 0 Å². The van der Waals surface area contributed by atoms with Gasteiger partial charge in [0.05, 0.1) is 25.3 Å². The maximum Gasteiger partial charge on any atom is 0.319 e. The lowest BCUT2D eigenvalue weighted by Gasteiger charge is -2.14. The summed E-state index contributed by atoms with van der Waals surface area (Å²) < 4.78 is 11.2. The van der Waals surface area contributed by atoms with Crippen LogP contribution in [-0.2, 0) is 6.54 Å². The van der Waals surface area contributed by atoms with Crippen molar-refractivity contribution in [2.45, 2.75) is 33.2 Å². The average molecular weight is 381 g/mol. The van der Waals surface area contributed by atoms with Crippen molar-refractivity contribution >= 4 is 11.7 Å². The number of nitrogens with zero attached hydrogens (tertiary/aromatic N) is 1. The van der Waals surface area contributed by atoms with Crippen molar-refractivity contribution in [3.8, 4) is 17.6 Å². The lowest BCUT2D eigenvalue weighted by molar-refractivity contribution is 0.251. The fourth-order valence-electron chi connectivity index (χ4n) is 2.68. The molecule has 0 aliphatic carbocycles. The fraction of sp³-hybridized carbons (Fsp3) is 0.364. The van der Waals surface area contributed by atoms with Gasteiger partial charge in [-0.05, 0) is 42.5 Å². The zero-order chi connectivity index (χ0) is 20.4. The quantitative estimate of drug-likeness (QED) is 0.617. The van der Waals surface area contributed by atoms with Crippen LogP contribution in [-0.4, -0.2) is 19.7 Å². The molecule has 0 spiro atoms. The zero-order valence-corrected chi connectivity index (χ0v) is 16.6. The van der Waals surface area contributed by atoms with Gasteiger partial charge in [0.15, 0.2) is 11.5 Å². The molecule has 0 aromatic heterocycles. The van der Waals surface area contributed by atoms with Gasteiger partial charge in [0.2, 0.25) is 0 Å². The number of urea groups is 1. The molecule has 2 N–H and O–H groups in total. The standard InChI is InChI=1S/C22H27N3O3/c1-16(2)7-6-12-28-21-13-19(10-11-20(21)27-3)25-22(26)24-15-18-9-5-4-8-17(18)14-23/h4-5,8-11,13,16H,6-7,12,15H2,1-3H3,(H2,24,25,26). The number of hydrogen-bond acceptors (Lipinski definition) is 4. The van der Waals surface area contributed by atoms with Gasteiger partial charge in [-0.2, -0.15) is 5.26 Å². The minimum Gasteiger partial charge on any atom is -0.493 e. The van der Waals surface area contributed by atoms with E-state index in [-0.39, 0.29) is 12.6 Å². The number of carbonyl (C=O) groups is 1. The van der Waals surface area contributed by atoms with Crippen molar-refractivity contribution in [1.82, 2.24) is 5.32 Å². The van der Waals surface area contributed by atoms with Crippen LogP contribution in [0.5, 0.6) is 11.5 Å². The number of carbonyl (C=O) groups excluding carboxylic acids is 1. The topological polar surface area (TPSA) is 83.4 Å². The number of nitrogens with one attached hydrogen (secondary N) is 2. The molecular formula is C22H27N3O3. The van der Waals surface area contributed by atoms with Crippen molar-refractivity contribution in [3.63, 3.8) is 0 Å². The summed E-state index contributed by atoms with van der Waals surface area (Å²) in [4.78, 5) is 12.2. The summed E-state index contributed by atoms with van der Waals surface area (Å²) in [7, 11) is 1.59. The molecule has 148 valence electrons. The van der Waals surface area contributed by atoms with Crippen LogP contribution in [0.1, 0.15) is 37.8 Å². The molecule has 0 unspecified atom stereocenters. The first kappa shape index (κ1) is 21.1. The van der Waals surface area contributed by atoms with E-state index in [2.05, 4.69) is 30.6 Å². The number of methoxy groups -OCH3 is 1. The predicted octanol–water partition coefficient (Wildman–Crippen LogP) is 4.70. The monoisotopic (exact) mass is 381 g/mol. The van der Waals surface area contributed by atoms with E-state index in [4.69, 9.17) is 14.7 Å². The number of amides is 2. The Balaban J connectivity index is 1.94.